The van der Waals surface area contributed by atoms with Crippen LogP contribution in [0.5, 0.6) is 0 Å². The summed E-state index contributed by atoms with van der Waals surface area (Å²) in [6.45, 7) is 0. The Balaban J connectivity index is 2.02. The van der Waals surface area contributed by atoms with Crippen molar-refractivity contribution in [3.63, 3.8) is 0 Å². The summed E-state index contributed by atoms with van der Waals surface area (Å²) < 4.78 is 0. The molecule has 0 bridgehead atoms. The Morgan fingerprint density at radius 2 is 2.00 bits per heavy atom. The van der Waals surface area contributed by atoms with Crippen molar-refractivity contribution in [2.75, 3.05) is 5.32 Å². The number of rotatable bonds is 3. The largest absolute Gasteiger partial charge is 0.391 e. The van der Waals surface area contributed by atoms with E-state index in [1.165, 1.54) is 0 Å². The summed E-state index contributed by atoms with van der Waals surface area (Å²) in [7, 11) is 0. The first-order chi connectivity index (χ1) is 7.66. The molecule has 4 nitrogen and oxygen atoms in total. The zero-order chi connectivity index (χ0) is 11.5. The zero-order valence-electron chi connectivity index (χ0n) is 9.02. The Morgan fingerprint density at radius 1 is 1.31 bits per heavy atom. The summed E-state index contributed by atoms with van der Waals surface area (Å²) in [5.74, 6) is -0.424. The lowest BCUT2D eigenvalue weighted by molar-refractivity contribution is 0.100. The van der Waals surface area contributed by atoms with E-state index in [9.17, 15) is 9.90 Å². The van der Waals surface area contributed by atoms with Gasteiger partial charge in [0, 0.05) is 11.3 Å². The number of aliphatic hydroxyl groups is 1. The Kier molecular flexibility index (Phi) is 3.10. The Morgan fingerprint density at radius 3 is 2.50 bits per heavy atom. The molecule has 2 rings (SSSR count). The fraction of sp³-hybridized carbons (Fsp3) is 0.417. The van der Waals surface area contributed by atoms with Crippen molar-refractivity contribution in [2.24, 2.45) is 5.73 Å². The lowest BCUT2D eigenvalue weighted by Gasteiger charge is -2.17. The lowest BCUT2D eigenvalue weighted by Crippen LogP contribution is -2.27. The molecule has 16 heavy (non-hydrogen) atoms. The summed E-state index contributed by atoms with van der Waals surface area (Å²) in [5, 5.41) is 12.9. The van der Waals surface area contributed by atoms with Crippen LogP contribution in [-0.2, 0) is 0 Å². The van der Waals surface area contributed by atoms with E-state index < -0.39 is 5.91 Å². The number of carbonyl (C=O) groups excluding carboxylic acids is 1. The molecule has 1 aromatic rings. The first-order valence-electron chi connectivity index (χ1n) is 5.51. The van der Waals surface area contributed by atoms with Crippen molar-refractivity contribution in [1.82, 2.24) is 0 Å². The van der Waals surface area contributed by atoms with Crippen LogP contribution in [0.1, 0.15) is 29.6 Å². The summed E-state index contributed by atoms with van der Waals surface area (Å²) in [6, 6.07) is 7.12. The van der Waals surface area contributed by atoms with E-state index in [4.69, 9.17) is 5.73 Å². The Hall–Kier alpha value is -1.55. The molecule has 1 fully saturated rings. The minimum Gasteiger partial charge on any atom is -0.391 e. The van der Waals surface area contributed by atoms with E-state index in [2.05, 4.69) is 5.32 Å². The zero-order valence-corrected chi connectivity index (χ0v) is 9.02. The molecule has 4 N–H and O–H groups in total. The molecule has 4 heteroatoms. The standard InChI is InChI=1S/C12H16N2O2/c13-12(16)8-4-6-9(7-5-8)14-10-2-1-3-11(10)15/h4-7,10-11,14-15H,1-3H2,(H2,13,16)/t10-,11-/m0/s1. The van der Waals surface area contributed by atoms with Gasteiger partial charge in [-0.3, -0.25) is 4.79 Å². The third kappa shape index (κ3) is 2.33. The van der Waals surface area contributed by atoms with Gasteiger partial charge in [-0.05, 0) is 43.5 Å². The molecule has 1 aliphatic carbocycles. The smallest absolute Gasteiger partial charge is 0.248 e. The molecule has 0 aromatic heterocycles. The predicted molar refractivity (Wildman–Crippen MR) is 62.2 cm³/mol. The van der Waals surface area contributed by atoms with E-state index in [-0.39, 0.29) is 12.1 Å². The van der Waals surface area contributed by atoms with Gasteiger partial charge < -0.3 is 16.2 Å². The average molecular weight is 220 g/mol. The van der Waals surface area contributed by atoms with Gasteiger partial charge in [0.2, 0.25) is 5.91 Å². The number of hydrogen-bond acceptors (Lipinski definition) is 3. The first-order valence-corrected chi connectivity index (χ1v) is 5.51. The molecule has 1 aliphatic rings. The highest BCUT2D eigenvalue weighted by molar-refractivity contribution is 5.93. The molecule has 2 atom stereocenters. The van der Waals surface area contributed by atoms with Crippen LogP contribution >= 0.6 is 0 Å². The minimum absolute atomic E-state index is 0.124. The molecule has 1 aromatic carbocycles. The quantitative estimate of drug-likeness (QED) is 0.714. The summed E-state index contributed by atoms with van der Waals surface area (Å²) >= 11 is 0. The van der Waals surface area contributed by atoms with Gasteiger partial charge in [-0.2, -0.15) is 0 Å². The number of nitrogens with one attached hydrogen (secondary N) is 1. The summed E-state index contributed by atoms with van der Waals surface area (Å²) in [6.07, 6.45) is 2.63. The average Bonchev–Trinajstić information content (AvgIpc) is 2.65. The highest BCUT2D eigenvalue weighted by atomic mass is 16.3. The number of anilines is 1. The number of nitrogens with two attached hydrogens (primary N) is 1. The predicted octanol–water partition coefficient (Wildman–Crippen LogP) is 1.11. The number of primary amides is 1. The monoisotopic (exact) mass is 220 g/mol. The van der Waals surface area contributed by atoms with Crippen molar-refractivity contribution in [3.8, 4) is 0 Å². The van der Waals surface area contributed by atoms with Crippen LogP contribution in [0.4, 0.5) is 5.69 Å². The highest BCUT2D eigenvalue weighted by Crippen LogP contribution is 2.23. The highest BCUT2D eigenvalue weighted by Gasteiger charge is 2.24. The maximum atomic E-state index is 10.9. The molecular weight excluding hydrogens is 204 g/mol. The van der Waals surface area contributed by atoms with Gasteiger partial charge in [-0.15, -0.1) is 0 Å². The third-order valence-corrected chi connectivity index (χ3v) is 3.00. The molecule has 1 amide bonds. The Bertz CT molecular complexity index is 375. The van der Waals surface area contributed by atoms with Gasteiger partial charge in [0.1, 0.15) is 0 Å². The maximum absolute atomic E-state index is 10.9. The van der Waals surface area contributed by atoms with Gasteiger partial charge in [0.25, 0.3) is 0 Å². The van der Waals surface area contributed by atoms with Gasteiger partial charge >= 0.3 is 0 Å². The fourth-order valence-corrected chi connectivity index (χ4v) is 2.05. The molecule has 0 unspecified atom stereocenters. The van der Waals surface area contributed by atoms with Gasteiger partial charge in [0.15, 0.2) is 0 Å². The number of hydrogen-bond donors (Lipinski definition) is 3. The van der Waals surface area contributed by atoms with Crippen LogP contribution in [0.15, 0.2) is 24.3 Å². The SMILES string of the molecule is NC(=O)c1ccc(N[C@H]2CCC[C@@H]2O)cc1. The summed E-state index contributed by atoms with van der Waals surface area (Å²) in [4.78, 5) is 10.9. The second-order valence-corrected chi connectivity index (χ2v) is 4.19. The number of benzene rings is 1. The van der Waals surface area contributed by atoms with Crippen molar-refractivity contribution in [1.29, 1.82) is 0 Å². The second kappa shape index (κ2) is 4.53. The van der Waals surface area contributed by atoms with Crippen LogP contribution in [0.25, 0.3) is 0 Å². The normalized spacial score (nSPS) is 24.3. The van der Waals surface area contributed by atoms with Crippen LogP contribution in [0, 0.1) is 0 Å². The molecular formula is C12H16N2O2. The molecule has 0 radical (unpaired) electrons. The van der Waals surface area contributed by atoms with E-state index in [0.717, 1.165) is 24.9 Å². The van der Waals surface area contributed by atoms with Crippen molar-refractivity contribution in [3.05, 3.63) is 29.8 Å². The minimum atomic E-state index is -0.424. The van der Waals surface area contributed by atoms with Crippen LogP contribution in [0.2, 0.25) is 0 Å². The van der Waals surface area contributed by atoms with E-state index >= 15 is 0 Å². The molecule has 0 saturated heterocycles. The van der Waals surface area contributed by atoms with Crippen molar-refractivity contribution < 1.29 is 9.90 Å². The summed E-state index contributed by atoms with van der Waals surface area (Å²) in [5.41, 5.74) is 6.56. The Labute approximate surface area is 94.5 Å². The fourth-order valence-electron chi connectivity index (χ4n) is 2.05. The van der Waals surface area contributed by atoms with Crippen LogP contribution in [-0.4, -0.2) is 23.2 Å². The van der Waals surface area contributed by atoms with E-state index in [0.29, 0.717) is 5.56 Å². The van der Waals surface area contributed by atoms with Crippen LogP contribution < -0.4 is 11.1 Å². The lowest BCUT2D eigenvalue weighted by atomic mass is 10.1. The van der Waals surface area contributed by atoms with E-state index in [1.807, 2.05) is 12.1 Å². The van der Waals surface area contributed by atoms with Gasteiger partial charge in [-0.1, -0.05) is 0 Å². The van der Waals surface area contributed by atoms with Crippen molar-refractivity contribution >= 4 is 11.6 Å². The molecule has 0 spiro atoms. The first kappa shape index (κ1) is 11.0. The topological polar surface area (TPSA) is 75.4 Å². The maximum Gasteiger partial charge on any atom is 0.248 e. The van der Waals surface area contributed by atoms with Crippen LogP contribution in [0.3, 0.4) is 0 Å². The second-order valence-electron chi connectivity index (χ2n) is 4.19. The molecule has 1 saturated carbocycles. The van der Waals surface area contributed by atoms with Crippen molar-refractivity contribution in [2.45, 2.75) is 31.4 Å². The van der Waals surface area contributed by atoms with Gasteiger partial charge in [0.05, 0.1) is 12.1 Å². The molecule has 0 aliphatic heterocycles. The third-order valence-electron chi connectivity index (χ3n) is 3.00. The number of carbonyl (C=O) groups is 1. The van der Waals surface area contributed by atoms with E-state index in [1.54, 1.807) is 12.1 Å². The molecule has 0 heterocycles. The number of amides is 1. The molecule has 86 valence electrons. The number of aliphatic hydroxyl groups excluding tert-OH is 1. The van der Waals surface area contributed by atoms with Gasteiger partial charge in [-0.25, -0.2) is 0 Å².